The summed E-state index contributed by atoms with van der Waals surface area (Å²) in [7, 11) is 0. The van der Waals surface area contributed by atoms with Crippen molar-refractivity contribution in [1.29, 1.82) is 0 Å². The summed E-state index contributed by atoms with van der Waals surface area (Å²) in [4.78, 5) is 17.3. The van der Waals surface area contributed by atoms with Crippen molar-refractivity contribution >= 4 is 16.8 Å². The first-order chi connectivity index (χ1) is 11.6. The summed E-state index contributed by atoms with van der Waals surface area (Å²) in [5, 5.41) is 3.89. The molecule has 0 unspecified atom stereocenters. The lowest BCUT2D eigenvalue weighted by Crippen LogP contribution is -2.25. The molecule has 1 fully saturated rings. The normalized spacial score (nSPS) is 13.9. The van der Waals surface area contributed by atoms with E-state index >= 15 is 0 Å². The van der Waals surface area contributed by atoms with Gasteiger partial charge in [-0.3, -0.25) is 4.79 Å². The number of benzene rings is 2. The second kappa shape index (κ2) is 5.71. The maximum Gasteiger partial charge on any atom is 0.252 e. The number of rotatable bonds is 3. The molecule has 4 heteroatoms. The van der Waals surface area contributed by atoms with Crippen LogP contribution in [0.1, 0.15) is 28.8 Å². The molecule has 1 saturated carbocycles. The van der Waals surface area contributed by atoms with Gasteiger partial charge in [-0.05, 0) is 62.2 Å². The van der Waals surface area contributed by atoms with Gasteiger partial charge in [0, 0.05) is 17.0 Å². The zero-order valence-electron chi connectivity index (χ0n) is 13.3. The highest BCUT2D eigenvalue weighted by Gasteiger charge is 2.25. The SMILES string of the molecule is Cc1ccc2nc(-c3ccc(F)cc3)cc(C(=O)NC3CC3)c2c1. The van der Waals surface area contributed by atoms with E-state index in [0.29, 0.717) is 17.3 Å². The van der Waals surface area contributed by atoms with Crippen molar-refractivity contribution in [3.05, 3.63) is 65.5 Å². The molecule has 24 heavy (non-hydrogen) atoms. The molecule has 1 heterocycles. The maximum atomic E-state index is 13.2. The molecule has 0 bridgehead atoms. The molecule has 1 N–H and O–H groups in total. The lowest BCUT2D eigenvalue weighted by Gasteiger charge is -2.11. The lowest BCUT2D eigenvalue weighted by atomic mass is 10.0. The van der Waals surface area contributed by atoms with Crippen molar-refractivity contribution in [2.24, 2.45) is 0 Å². The fourth-order valence-corrected chi connectivity index (χ4v) is 2.79. The highest BCUT2D eigenvalue weighted by atomic mass is 19.1. The topological polar surface area (TPSA) is 42.0 Å². The molecule has 3 nitrogen and oxygen atoms in total. The third-order valence-electron chi connectivity index (χ3n) is 4.26. The van der Waals surface area contributed by atoms with Crippen LogP contribution in [0.5, 0.6) is 0 Å². The lowest BCUT2D eigenvalue weighted by molar-refractivity contribution is 0.0952. The van der Waals surface area contributed by atoms with Crippen LogP contribution >= 0.6 is 0 Å². The van der Waals surface area contributed by atoms with Crippen molar-refractivity contribution < 1.29 is 9.18 Å². The number of halogens is 1. The number of nitrogens with one attached hydrogen (secondary N) is 1. The fraction of sp³-hybridized carbons (Fsp3) is 0.200. The zero-order chi connectivity index (χ0) is 16.7. The summed E-state index contributed by atoms with van der Waals surface area (Å²) in [6.07, 6.45) is 2.08. The number of carbonyl (C=O) groups is 1. The molecule has 0 aliphatic heterocycles. The van der Waals surface area contributed by atoms with E-state index in [1.54, 1.807) is 18.2 Å². The van der Waals surface area contributed by atoms with Gasteiger partial charge in [0.25, 0.3) is 5.91 Å². The van der Waals surface area contributed by atoms with Crippen molar-refractivity contribution in [2.45, 2.75) is 25.8 Å². The monoisotopic (exact) mass is 320 g/mol. The summed E-state index contributed by atoms with van der Waals surface area (Å²) in [5.41, 5.74) is 3.93. The Kier molecular flexibility index (Phi) is 3.53. The van der Waals surface area contributed by atoms with Crippen molar-refractivity contribution in [3.8, 4) is 11.3 Å². The van der Waals surface area contributed by atoms with E-state index in [-0.39, 0.29) is 11.7 Å². The number of amides is 1. The van der Waals surface area contributed by atoms with Crippen LogP contribution in [0.4, 0.5) is 4.39 Å². The molecule has 0 atom stereocenters. The van der Waals surface area contributed by atoms with Gasteiger partial charge < -0.3 is 5.32 Å². The first kappa shape index (κ1) is 14.8. The van der Waals surface area contributed by atoms with Crippen molar-refractivity contribution in [3.63, 3.8) is 0 Å². The minimum absolute atomic E-state index is 0.0705. The first-order valence-electron chi connectivity index (χ1n) is 8.08. The van der Waals surface area contributed by atoms with E-state index < -0.39 is 0 Å². The van der Waals surface area contributed by atoms with Gasteiger partial charge in [-0.15, -0.1) is 0 Å². The van der Waals surface area contributed by atoms with Gasteiger partial charge in [0.05, 0.1) is 16.8 Å². The Balaban J connectivity index is 1.87. The molecule has 120 valence electrons. The highest BCUT2D eigenvalue weighted by Crippen LogP contribution is 2.27. The largest absolute Gasteiger partial charge is 0.349 e. The van der Waals surface area contributed by atoms with Crippen LogP contribution in [-0.4, -0.2) is 16.9 Å². The van der Waals surface area contributed by atoms with E-state index in [1.807, 2.05) is 25.1 Å². The summed E-state index contributed by atoms with van der Waals surface area (Å²) in [6.45, 7) is 2.00. The molecule has 4 rings (SSSR count). The van der Waals surface area contributed by atoms with Gasteiger partial charge >= 0.3 is 0 Å². The molecule has 2 aromatic carbocycles. The number of pyridine rings is 1. The van der Waals surface area contributed by atoms with Gasteiger partial charge in [-0.25, -0.2) is 9.37 Å². The van der Waals surface area contributed by atoms with Crippen LogP contribution in [0.15, 0.2) is 48.5 Å². The zero-order valence-corrected chi connectivity index (χ0v) is 13.3. The Hall–Kier alpha value is -2.75. The number of carbonyl (C=O) groups excluding carboxylic acids is 1. The quantitative estimate of drug-likeness (QED) is 0.784. The molecule has 1 aromatic heterocycles. The number of aryl methyl sites for hydroxylation is 1. The minimum Gasteiger partial charge on any atom is -0.349 e. The Morgan fingerprint density at radius 3 is 2.58 bits per heavy atom. The summed E-state index contributed by atoms with van der Waals surface area (Å²) < 4.78 is 13.2. The maximum absolute atomic E-state index is 13.2. The van der Waals surface area contributed by atoms with E-state index in [2.05, 4.69) is 10.3 Å². The predicted molar refractivity (Wildman–Crippen MR) is 92.4 cm³/mol. The highest BCUT2D eigenvalue weighted by molar-refractivity contribution is 6.07. The number of fused-ring (bicyclic) bond motifs is 1. The van der Waals surface area contributed by atoms with Crippen molar-refractivity contribution in [2.75, 3.05) is 0 Å². The first-order valence-corrected chi connectivity index (χ1v) is 8.08. The minimum atomic E-state index is -0.290. The molecular weight excluding hydrogens is 303 g/mol. The van der Waals surface area contributed by atoms with Gasteiger partial charge in [-0.1, -0.05) is 11.6 Å². The van der Waals surface area contributed by atoms with Crippen molar-refractivity contribution in [1.82, 2.24) is 10.3 Å². The van der Waals surface area contributed by atoms with Crippen LogP contribution in [0.25, 0.3) is 22.2 Å². The molecule has 1 aliphatic rings. The third kappa shape index (κ3) is 2.87. The summed E-state index contributed by atoms with van der Waals surface area (Å²) in [6, 6.07) is 14.1. The second-order valence-corrected chi connectivity index (χ2v) is 6.33. The molecule has 3 aromatic rings. The van der Waals surface area contributed by atoms with Gasteiger partial charge in [0.2, 0.25) is 0 Å². The molecule has 0 radical (unpaired) electrons. The third-order valence-corrected chi connectivity index (χ3v) is 4.26. The molecule has 0 saturated heterocycles. The second-order valence-electron chi connectivity index (χ2n) is 6.33. The van der Waals surface area contributed by atoms with E-state index in [1.165, 1.54) is 12.1 Å². The van der Waals surface area contributed by atoms with E-state index in [4.69, 9.17) is 0 Å². The number of aromatic nitrogens is 1. The molecular formula is C20H17FN2O. The number of hydrogen-bond donors (Lipinski definition) is 1. The average Bonchev–Trinajstić information content (AvgIpc) is 3.38. The number of nitrogens with zero attached hydrogens (tertiary/aromatic N) is 1. The van der Waals surface area contributed by atoms with Crippen LogP contribution in [-0.2, 0) is 0 Å². The number of hydrogen-bond acceptors (Lipinski definition) is 2. The standard InChI is InChI=1S/C20H17FN2O/c1-12-2-9-18-16(10-12)17(20(24)22-15-7-8-15)11-19(23-18)13-3-5-14(21)6-4-13/h2-6,9-11,15H,7-8H2,1H3,(H,22,24). The Bertz CT molecular complexity index is 930. The molecule has 1 amide bonds. The molecule has 0 spiro atoms. The Labute approximate surface area is 139 Å². The van der Waals surface area contributed by atoms with Crippen LogP contribution in [0.3, 0.4) is 0 Å². The summed E-state index contributed by atoms with van der Waals surface area (Å²) >= 11 is 0. The predicted octanol–water partition coefficient (Wildman–Crippen LogP) is 4.24. The van der Waals surface area contributed by atoms with Crippen LogP contribution < -0.4 is 5.32 Å². The van der Waals surface area contributed by atoms with E-state index in [9.17, 15) is 9.18 Å². The van der Waals surface area contributed by atoms with Gasteiger partial charge in [-0.2, -0.15) is 0 Å². The smallest absolute Gasteiger partial charge is 0.252 e. The van der Waals surface area contributed by atoms with Crippen LogP contribution in [0, 0.1) is 12.7 Å². The van der Waals surface area contributed by atoms with Gasteiger partial charge in [0.15, 0.2) is 0 Å². The fourth-order valence-electron chi connectivity index (χ4n) is 2.79. The van der Waals surface area contributed by atoms with E-state index in [0.717, 1.165) is 34.9 Å². The Morgan fingerprint density at radius 2 is 1.88 bits per heavy atom. The molecule has 1 aliphatic carbocycles. The Morgan fingerprint density at radius 1 is 1.12 bits per heavy atom. The van der Waals surface area contributed by atoms with Gasteiger partial charge in [0.1, 0.15) is 5.82 Å². The van der Waals surface area contributed by atoms with Crippen LogP contribution in [0.2, 0.25) is 0 Å². The summed E-state index contributed by atoms with van der Waals surface area (Å²) in [5.74, 6) is -0.360. The average molecular weight is 320 g/mol.